The topological polar surface area (TPSA) is 49.6 Å². The van der Waals surface area contributed by atoms with E-state index >= 15 is 0 Å². The number of thiazole rings is 1. The summed E-state index contributed by atoms with van der Waals surface area (Å²) in [6.45, 7) is 2.67. The Morgan fingerprint density at radius 2 is 2.04 bits per heavy atom. The molecule has 0 bridgehead atoms. The molecular weight excluding hydrogens is 346 g/mol. The van der Waals surface area contributed by atoms with Crippen molar-refractivity contribution in [2.45, 2.75) is 6.04 Å². The zero-order valence-corrected chi connectivity index (χ0v) is 15.0. The number of carbonyl (C=O) groups excluding carboxylic acids is 1. The Kier molecular flexibility index (Phi) is 3.78. The van der Waals surface area contributed by atoms with Gasteiger partial charge in [0.25, 0.3) is 5.91 Å². The maximum atomic E-state index is 13.1. The van der Waals surface area contributed by atoms with Gasteiger partial charge in [0.15, 0.2) is 5.13 Å². The number of aromatic nitrogens is 1. The van der Waals surface area contributed by atoms with Crippen molar-refractivity contribution < 1.29 is 9.21 Å². The molecule has 0 aliphatic carbocycles. The van der Waals surface area contributed by atoms with Crippen molar-refractivity contribution >= 4 is 22.4 Å². The standard InChI is InChI=1S/C20H19N3O2S/c24-19(15-6-8-25-13-15)23-11-16-10-22(20-21-7-9-26-20)12-17(16)18(23)14-4-2-1-3-5-14/h1-9,13,16-18H,10-12H2/t16-,17-,18+/m0/s1. The van der Waals surface area contributed by atoms with Gasteiger partial charge in [-0.1, -0.05) is 30.3 Å². The van der Waals surface area contributed by atoms with Gasteiger partial charge < -0.3 is 14.2 Å². The quantitative estimate of drug-likeness (QED) is 0.710. The van der Waals surface area contributed by atoms with E-state index in [1.54, 1.807) is 29.9 Å². The fourth-order valence-electron chi connectivity index (χ4n) is 4.41. The Morgan fingerprint density at radius 3 is 2.77 bits per heavy atom. The van der Waals surface area contributed by atoms with Crippen LogP contribution in [0, 0.1) is 11.8 Å². The van der Waals surface area contributed by atoms with Gasteiger partial charge in [0.1, 0.15) is 6.26 Å². The highest BCUT2D eigenvalue weighted by molar-refractivity contribution is 7.13. The number of furan rings is 1. The third-order valence-corrected chi connectivity index (χ3v) is 6.36. The molecule has 3 aromatic rings. The Balaban J connectivity index is 1.48. The van der Waals surface area contributed by atoms with Crippen molar-refractivity contribution in [1.29, 1.82) is 0 Å². The molecule has 0 radical (unpaired) electrons. The Morgan fingerprint density at radius 1 is 1.15 bits per heavy atom. The molecule has 0 spiro atoms. The first-order valence-electron chi connectivity index (χ1n) is 8.84. The molecule has 0 saturated carbocycles. The molecule has 2 fully saturated rings. The summed E-state index contributed by atoms with van der Waals surface area (Å²) in [5, 5.41) is 3.10. The molecule has 132 valence electrons. The lowest BCUT2D eigenvalue weighted by molar-refractivity contribution is 0.0715. The van der Waals surface area contributed by atoms with Crippen molar-refractivity contribution in [3.05, 3.63) is 71.6 Å². The van der Waals surface area contributed by atoms with E-state index in [0.717, 1.165) is 24.8 Å². The van der Waals surface area contributed by atoms with E-state index in [1.165, 1.54) is 5.56 Å². The molecule has 6 heteroatoms. The minimum Gasteiger partial charge on any atom is -0.472 e. The summed E-state index contributed by atoms with van der Waals surface area (Å²) in [4.78, 5) is 22.0. The molecular formula is C20H19N3O2S. The first-order valence-corrected chi connectivity index (χ1v) is 9.72. The minimum atomic E-state index is 0.0581. The van der Waals surface area contributed by atoms with Crippen LogP contribution >= 0.6 is 11.3 Å². The molecule has 3 atom stereocenters. The average molecular weight is 365 g/mol. The molecule has 5 rings (SSSR count). The molecule has 2 aliphatic rings. The predicted molar refractivity (Wildman–Crippen MR) is 100 cm³/mol. The number of fused-ring (bicyclic) bond motifs is 1. The highest BCUT2D eigenvalue weighted by Crippen LogP contribution is 2.46. The average Bonchev–Trinajstić information content (AvgIpc) is 3.45. The lowest BCUT2D eigenvalue weighted by Gasteiger charge is -2.29. The molecule has 1 amide bonds. The summed E-state index contributed by atoms with van der Waals surface area (Å²) in [6.07, 6.45) is 4.96. The van der Waals surface area contributed by atoms with Crippen LogP contribution in [0.3, 0.4) is 0 Å². The molecule has 26 heavy (non-hydrogen) atoms. The zero-order chi connectivity index (χ0) is 17.5. The maximum Gasteiger partial charge on any atom is 0.257 e. The summed E-state index contributed by atoms with van der Waals surface area (Å²) in [5.74, 6) is 0.930. The van der Waals surface area contributed by atoms with Crippen molar-refractivity contribution in [3.63, 3.8) is 0 Å². The van der Waals surface area contributed by atoms with Gasteiger partial charge in [-0.2, -0.15) is 0 Å². The number of likely N-dealkylation sites (tertiary alicyclic amines) is 1. The number of benzene rings is 1. The zero-order valence-electron chi connectivity index (χ0n) is 14.2. The second-order valence-electron chi connectivity index (χ2n) is 6.97. The normalized spacial score (nSPS) is 24.8. The van der Waals surface area contributed by atoms with Gasteiger partial charge in [0.05, 0.1) is 17.9 Å². The van der Waals surface area contributed by atoms with E-state index in [4.69, 9.17) is 4.42 Å². The number of rotatable bonds is 3. The van der Waals surface area contributed by atoms with E-state index in [-0.39, 0.29) is 11.9 Å². The SMILES string of the molecule is O=C(c1ccoc1)N1C[C@@H]2CN(c3nccs3)C[C@@H]2[C@H]1c1ccccc1. The van der Waals surface area contributed by atoms with Crippen LogP contribution in [0.5, 0.6) is 0 Å². The van der Waals surface area contributed by atoms with E-state index in [1.807, 2.05) is 22.5 Å². The van der Waals surface area contributed by atoms with Crippen LogP contribution < -0.4 is 4.90 Å². The first-order chi connectivity index (χ1) is 12.8. The lowest BCUT2D eigenvalue weighted by Crippen LogP contribution is -2.35. The first kappa shape index (κ1) is 15.6. The van der Waals surface area contributed by atoms with Crippen LogP contribution in [0.25, 0.3) is 0 Å². The highest BCUT2D eigenvalue weighted by Gasteiger charge is 2.49. The van der Waals surface area contributed by atoms with Gasteiger partial charge in [-0.05, 0) is 11.6 Å². The number of anilines is 1. The number of hydrogen-bond acceptors (Lipinski definition) is 5. The molecule has 2 aliphatic heterocycles. The number of amides is 1. The Labute approximate surface area is 155 Å². The van der Waals surface area contributed by atoms with Gasteiger partial charge in [0.2, 0.25) is 0 Å². The Hall–Kier alpha value is -2.60. The van der Waals surface area contributed by atoms with Gasteiger partial charge in [-0.3, -0.25) is 4.79 Å². The fraction of sp³-hybridized carbons (Fsp3) is 0.300. The lowest BCUT2D eigenvalue weighted by atomic mass is 9.89. The third kappa shape index (κ3) is 2.52. The summed E-state index contributed by atoms with van der Waals surface area (Å²) >= 11 is 1.68. The minimum absolute atomic E-state index is 0.0581. The highest BCUT2D eigenvalue weighted by atomic mass is 32.1. The largest absolute Gasteiger partial charge is 0.472 e. The van der Waals surface area contributed by atoms with E-state index in [9.17, 15) is 4.79 Å². The van der Waals surface area contributed by atoms with Crippen LogP contribution in [-0.4, -0.2) is 35.4 Å². The number of carbonyl (C=O) groups is 1. The van der Waals surface area contributed by atoms with E-state index < -0.39 is 0 Å². The van der Waals surface area contributed by atoms with Crippen LogP contribution in [0.1, 0.15) is 22.0 Å². The fourth-order valence-corrected chi connectivity index (χ4v) is 5.07. The van der Waals surface area contributed by atoms with Gasteiger partial charge >= 0.3 is 0 Å². The van der Waals surface area contributed by atoms with E-state index in [0.29, 0.717) is 17.4 Å². The summed E-state index contributed by atoms with van der Waals surface area (Å²) in [5.41, 5.74) is 1.83. The Bertz CT molecular complexity index is 879. The molecule has 5 nitrogen and oxygen atoms in total. The van der Waals surface area contributed by atoms with Gasteiger partial charge in [-0.15, -0.1) is 11.3 Å². The van der Waals surface area contributed by atoms with Gasteiger partial charge in [0, 0.05) is 43.0 Å². The summed E-state index contributed by atoms with van der Waals surface area (Å²) < 4.78 is 5.13. The number of hydrogen-bond donors (Lipinski definition) is 0. The van der Waals surface area contributed by atoms with Crippen molar-refractivity contribution in [2.75, 3.05) is 24.5 Å². The molecule has 4 heterocycles. The monoisotopic (exact) mass is 365 g/mol. The smallest absolute Gasteiger partial charge is 0.257 e. The van der Waals surface area contributed by atoms with Crippen LogP contribution in [0.15, 0.2) is 64.9 Å². The maximum absolute atomic E-state index is 13.1. The molecule has 2 aromatic heterocycles. The third-order valence-electron chi connectivity index (χ3n) is 5.52. The van der Waals surface area contributed by atoms with Crippen molar-refractivity contribution in [1.82, 2.24) is 9.88 Å². The van der Waals surface area contributed by atoms with E-state index in [2.05, 4.69) is 34.1 Å². The van der Waals surface area contributed by atoms with Crippen LogP contribution in [-0.2, 0) is 0 Å². The summed E-state index contributed by atoms with van der Waals surface area (Å²) in [7, 11) is 0. The van der Waals surface area contributed by atoms with Crippen LogP contribution in [0.2, 0.25) is 0 Å². The van der Waals surface area contributed by atoms with Crippen LogP contribution in [0.4, 0.5) is 5.13 Å². The molecule has 0 N–H and O–H groups in total. The second kappa shape index (κ2) is 6.29. The summed E-state index contributed by atoms with van der Waals surface area (Å²) in [6, 6.07) is 12.2. The van der Waals surface area contributed by atoms with Crippen molar-refractivity contribution in [2.24, 2.45) is 11.8 Å². The number of nitrogens with zero attached hydrogens (tertiary/aromatic N) is 3. The molecule has 1 aromatic carbocycles. The van der Waals surface area contributed by atoms with Gasteiger partial charge in [-0.25, -0.2) is 4.98 Å². The predicted octanol–water partition coefficient (Wildman–Crippen LogP) is 3.69. The molecule has 2 saturated heterocycles. The second-order valence-corrected chi connectivity index (χ2v) is 7.84. The molecule has 0 unspecified atom stereocenters. The van der Waals surface area contributed by atoms with Crippen molar-refractivity contribution in [3.8, 4) is 0 Å².